The van der Waals surface area contributed by atoms with E-state index in [2.05, 4.69) is 10.3 Å². The van der Waals surface area contributed by atoms with Gasteiger partial charge in [-0.25, -0.2) is 13.4 Å². The standard InChI is InChI=1S/C16H19N3O4S2/c1-10(20)19-7-5-11(6-8-19)15(21)18-16-17-13-4-3-12(25(2,22)23)9-14(13)24-16/h3-4,9,11H,5-8H2,1-2H3,(H,17,18,21). The molecule has 0 radical (unpaired) electrons. The highest BCUT2D eigenvalue weighted by Gasteiger charge is 2.26. The number of anilines is 1. The second kappa shape index (κ2) is 6.72. The summed E-state index contributed by atoms with van der Waals surface area (Å²) < 4.78 is 24.0. The van der Waals surface area contributed by atoms with Crippen LogP contribution < -0.4 is 5.32 Å². The van der Waals surface area contributed by atoms with Crippen LogP contribution in [-0.2, 0) is 19.4 Å². The molecule has 2 aromatic rings. The van der Waals surface area contributed by atoms with Crippen LogP contribution in [0.2, 0.25) is 0 Å². The summed E-state index contributed by atoms with van der Waals surface area (Å²) in [5, 5.41) is 3.28. The van der Waals surface area contributed by atoms with E-state index in [1.165, 1.54) is 24.3 Å². The Bertz CT molecular complexity index is 928. The number of thiazole rings is 1. The Kier molecular flexibility index (Phi) is 4.79. The molecule has 0 aliphatic carbocycles. The highest BCUT2D eigenvalue weighted by Crippen LogP contribution is 2.29. The summed E-state index contributed by atoms with van der Waals surface area (Å²) in [6.07, 6.45) is 2.42. The molecule has 25 heavy (non-hydrogen) atoms. The third-order valence-electron chi connectivity index (χ3n) is 4.33. The van der Waals surface area contributed by atoms with Crippen molar-refractivity contribution in [3.05, 3.63) is 18.2 Å². The molecule has 0 saturated carbocycles. The molecule has 134 valence electrons. The van der Waals surface area contributed by atoms with Crippen LogP contribution >= 0.6 is 11.3 Å². The van der Waals surface area contributed by atoms with Gasteiger partial charge in [-0.15, -0.1) is 0 Å². The lowest BCUT2D eigenvalue weighted by Crippen LogP contribution is -2.40. The van der Waals surface area contributed by atoms with Gasteiger partial charge in [-0.2, -0.15) is 0 Å². The third kappa shape index (κ3) is 3.98. The fraction of sp³-hybridized carbons (Fsp3) is 0.438. The quantitative estimate of drug-likeness (QED) is 0.876. The van der Waals surface area contributed by atoms with Crippen LogP contribution in [0.3, 0.4) is 0 Å². The van der Waals surface area contributed by atoms with Gasteiger partial charge in [-0.05, 0) is 31.0 Å². The SMILES string of the molecule is CC(=O)N1CCC(C(=O)Nc2nc3ccc(S(C)(=O)=O)cc3s2)CC1. The fourth-order valence-electron chi connectivity index (χ4n) is 2.85. The van der Waals surface area contributed by atoms with E-state index in [-0.39, 0.29) is 22.6 Å². The second-order valence-corrected chi connectivity index (χ2v) is 9.24. The van der Waals surface area contributed by atoms with Gasteiger partial charge >= 0.3 is 0 Å². The number of nitrogens with one attached hydrogen (secondary N) is 1. The lowest BCUT2D eigenvalue weighted by atomic mass is 9.96. The van der Waals surface area contributed by atoms with Gasteiger partial charge in [0, 0.05) is 32.2 Å². The van der Waals surface area contributed by atoms with Crippen LogP contribution in [-0.4, -0.2) is 49.5 Å². The van der Waals surface area contributed by atoms with Crippen LogP contribution in [0, 0.1) is 5.92 Å². The Hall–Kier alpha value is -2.00. The molecule has 0 atom stereocenters. The first-order valence-electron chi connectivity index (χ1n) is 7.91. The largest absolute Gasteiger partial charge is 0.343 e. The molecule has 2 amide bonds. The maximum atomic E-state index is 12.4. The molecule has 7 nitrogen and oxygen atoms in total. The second-order valence-electron chi connectivity index (χ2n) is 6.19. The molecule has 1 N–H and O–H groups in total. The van der Waals surface area contributed by atoms with Gasteiger partial charge in [-0.3, -0.25) is 9.59 Å². The summed E-state index contributed by atoms with van der Waals surface area (Å²) in [6, 6.07) is 4.73. The molecule has 0 bridgehead atoms. The van der Waals surface area contributed by atoms with E-state index in [9.17, 15) is 18.0 Å². The highest BCUT2D eigenvalue weighted by molar-refractivity contribution is 7.90. The Morgan fingerprint density at radius 1 is 1.28 bits per heavy atom. The average Bonchev–Trinajstić information content (AvgIpc) is 2.95. The minimum Gasteiger partial charge on any atom is -0.343 e. The number of piperidine rings is 1. The van der Waals surface area contributed by atoms with Gasteiger partial charge in [0.2, 0.25) is 11.8 Å². The van der Waals surface area contributed by atoms with Crippen molar-refractivity contribution in [1.82, 2.24) is 9.88 Å². The lowest BCUT2D eigenvalue weighted by molar-refractivity contribution is -0.132. The monoisotopic (exact) mass is 381 g/mol. The maximum absolute atomic E-state index is 12.4. The molecule has 1 fully saturated rings. The lowest BCUT2D eigenvalue weighted by Gasteiger charge is -2.30. The zero-order chi connectivity index (χ0) is 18.2. The van der Waals surface area contributed by atoms with Crippen LogP contribution in [0.25, 0.3) is 10.2 Å². The van der Waals surface area contributed by atoms with E-state index in [4.69, 9.17) is 0 Å². The fourth-order valence-corrected chi connectivity index (χ4v) is 4.48. The number of likely N-dealkylation sites (tertiary alicyclic amines) is 1. The predicted molar refractivity (Wildman–Crippen MR) is 96.3 cm³/mol. The van der Waals surface area contributed by atoms with Crippen LogP contribution in [0.4, 0.5) is 5.13 Å². The van der Waals surface area contributed by atoms with E-state index in [0.29, 0.717) is 41.3 Å². The molecular weight excluding hydrogens is 362 g/mol. The molecule has 1 aromatic carbocycles. The first kappa shape index (κ1) is 17.8. The number of benzene rings is 1. The van der Waals surface area contributed by atoms with Crippen LogP contribution in [0.5, 0.6) is 0 Å². The number of hydrogen-bond donors (Lipinski definition) is 1. The smallest absolute Gasteiger partial charge is 0.229 e. The Morgan fingerprint density at radius 2 is 1.96 bits per heavy atom. The van der Waals surface area contributed by atoms with Crippen molar-refractivity contribution in [3.63, 3.8) is 0 Å². The summed E-state index contributed by atoms with van der Waals surface area (Å²) in [7, 11) is -3.28. The van der Waals surface area contributed by atoms with E-state index >= 15 is 0 Å². The first-order chi connectivity index (χ1) is 11.7. The summed E-state index contributed by atoms with van der Waals surface area (Å²) in [5.74, 6) is -0.216. The number of carbonyl (C=O) groups is 2. The number of aromatic nitrogens is 1. The van der Waals surface area contributed by atoms with Gasteiger partial charge in [0.25, 0.3) is 0 Å². The molecule has 1 saturated heterocycles. The van der Waals surface area contributed by atoms with Crippen LogP contribution in [0.15, 0.2) is 23.1 Å². The normalized spacial score (nSPS) is 16.2. The van der Waals surface area contributed by atoms with E-state index in [0.717, 1.165) is 6.26 Å². The van der Waals surface area contributed by atoms with Gasteiger partial charge in [0.15, 0.2) is 15.0 Å². The predicted octanol–water partition coefficient (Wildman–Crippen LogP) is 1.90. The number of hydrogen-bond acceptors (Lipinski definition) is 6. The number of rotatable bonds is 3. The maximum Gasteiger partial charge on any atom is 0.229 e. The molecular formula is C16H19N3O4S2. The number of sulfone groups is 1. The molecule has 9 heteroatoms. The van der Waals surface area contributed by atoms with Crippen molar-refractivity contribution in [2.45, 2.75) is 24.7 Å². The topological polar surface area (TPSA) is 96.4 Å². The van der Waals surface area contributed by atoms with E-state index < -0.39 is 9.84 Å². The molecule has 1 aliphatic heterocycles. The Labute approximate surface area is 150 Å². The molecule has 2 heterocycles. The minimum absolute atomic E-state index is 0.0340. The zero-order valence-corrected chi connectivity index (χ0v) is 15.6. The molecule has 3 rings (SSSR count). The molecule has 0 spiro atoms. The van der Waals surface area contributed by atoms with Crippen molar-refractivity contribution < 1.29 is 18.0 Å². The number of carbonyl (C=O) groups excluding carboxylic acids is 2. The Balaban J connectivity index is 1.70. The van der Waals surface area contributed by atoms with Gasteiger partial charge in [0.1, 0.15) is 0 Å². The third-order valence-corrected chi connectivity index (χ3v) is 6.37. The Morgan fingerprint density at radius 3 is 2.56 bits per heavy atom. The minimum atomic E-state index is -3.28. The van der Waals surface area contributed by atoms with Crippen molar-refractivity contribution >= 4 is 48.3 Å². The number of nitrogens with zero attached hydrogens (tertiary/aromatic N) is 2. The molecule has 1 aliphatic rings. The van der Waals surface area contributed by atoms with E-state index in [1.807, 2.05) is 0 Å². The summed E-state index contributed by atoms with van der Waals surface area (Å²) in [6.45, 7) is 2.71. The molecule has 0 unspecified atom stereocenters. The van der Waals surface area contributed by atoms with Crippen molar-refractivity contribution in [1.29, 1.82) is 0 Å². The first-order valence-corrected chi connectivity index (χ1v) is 10.6. The van der Waals surface area contributed by atoms with Crippen molar-refractivity contribution in [3.8, 4) is 0 Å². The summed E-state index contributed by atoms with van der Waals surface area (Å²) in [5.41, 5.74) is 0.652. The zero-order valence-electron chi connectivity index (χ0n) is 14.0. The highest BCUT2D eigenvalue weighted by atomic mass is 32.2. The van der Waals surface area contributed by atoms with Gasteiger partial charge < -0.3 is 10.2 Å². The van der Waals surface area contributed by atoms with Crippen molar-refractivity contribution in [2.75, 3.05) is 24.7 Å². The van der Waals surface area contributed by atoms with Gasteiger partial charge in [0.05, 0.1) is 15.1 Å². The van der Waals surface area contributed by atoms with E-state index in [1.54, 1.807) is 17.0 Å². The van der Waals surface area contributed by atoms with Crippen molar-refractivity contribution in [2.24, 2.45) is 5.92 Å². The van der Waals surface area contributed by atoms with Gasteiger partial charge in [-0.1, -0.05) is 11.3 Å². The summed E-state index contributed by atoms with van der Waals surface area (Å²) >= 11 is 1.25. The number of amides is 2. The molecule has 1 aromatic heterocycles. The number of fused-ring (bicyclic) bond motifs is 1. The average molecular weight is 381 g/mol. The summed E-state index contributed by atoms with van der Waals surface area (Å²) in [4.78, 5) is 30.1. The van der Waals surface area contributed by atoms with Crippen LogP contribution in [0.1, 0.15) is 19.8 Å².